The van der Waals surface area contributed by atoms with Gasteiger partial charge in [-0.25, -0.2) is 13.1 Å². The number of nitrogens with one attached hydrogen (secondary N) is 2. The van der Waals surface area contributed by atoms with Crippen LogP contribution in [0.2, 0.25) is 0 Å². The van der Waals surface area contributed by atoms with E-state index in [4.69, 9.17) is 0 Å². The van der Waals surface area contributed by atoms with E-state index in [0.717, 1.165) is 25.9 Å². The lowest BCUT2D eigenvalue weighted by atomic mass is 10.3. The van der Waals surface area contributed by atoms with Crippen molar-refractivity contribution < 1.29 is 8.42 Å². The maximum absolute atomic E-state index is 12.3. The Morgan fingerprint density at radius 1 is 1.20 bits per heavy atom. The van der Waals surface area contributed by atoms with E-state index in [0.29, 0.717) is 29.4 Å². The molecule has 0 unspecified atom stereocenters. The van der Waals surface area contributed by atoms with E-state index in [1.165, 1.54) is 0 Å². The molecule has 1 rings (SSSR count). The topological polar surface area (TPSA) is 76.0 Å². The van der Waals surface area contributed by atoms with Gasteiger partial charge in [-0.15, -0.1) is 0 Å². The molecule has 0 saturated heterocycles. The van der Waals surface area contributed by atoms with Crippen LogP contribution < -0.4 is 10.0 Å². The van der Waals surface area contributed by atoms with Crippen molar-refractivity contribution in [1.29, 1.82) is 0 Å². The fraction of sp³-hybridized carbons (Fsp3) is 0.769. The highest BCUT2D eigenvalue weighted by Gasteiger charge is 2.23. The normalized spacial score (nSPS) is 12.0. The van der Waals surface area contributed by atoms with Crippen LogP contribution in [0.4, 0.5) is 0 Å². The Morgan fingerprint density at radius 3 is 2.50 bits per heavy atom. The molecule has 7 heteroatoms. The Labute approximate surface area is 122 Å². The predicted octanol–water partition coefficient (Wildman–Crippen LogP) is 1.19. The maximum atomic E-state index is 12.3. The lowest BCUT2D eigenvalue weighted by molar-refractivity contribution is 0.549. The van der Waals surface area contributed by atoms with Crippen LogP contribution in [0.25, 0.3) is 0 Å². The van der Waals surface area contributed by atoms with Crippen LogP contribution in [0, 0.1) is 13.8 Å². The molecule has 1 aromatic heterocycles. The average molecular weight is 302 g/mol. The van der Waals surface area contributed by atoms with Gasteiger partial charge in [0.1, 0.15) is 4.90 Å². The minimum Gasteiger partial charge on any atom is -0.315 e. The molecule has 1 heterocycles. The molecule has 0 aliphatic carbocycles. The monoisotopic (exact) mass is 302 g/mol. The highest BCUT2D eigenvalue weighted by atomic mass is 32.2. The fourth-order valence-electron chi connectivity index (χ4n) is 2.10. The van der Waals surface area contributed by atoms with E-state index < -0.39 is 10.0 Å². The van der Waals surface area contributed by atoms with Gasteiger partial charge in [-0.2, -0.15) is 5.10 Å². The van der Waals surface area contributed by atoms with Gasteiger partial charge in [0.15, 0.2) is 0 Å². The third-order valence-electron chi connectivity index (χ3n) is 3.16. The van der Waals surface area contributed by atoms with E-state index in [1.54, 1.807) is 18.5 Å². The second kappa shape index (κ2) is 7.75. The maximum Gasteiger partial charge on any atom is 0.244 e. The summed E-state index contributed by atoms with van der Waals surface area (Å²) in [7, 11) is -3.46. The summed E-state index contributed by atoms with van der Waals surface area (Å²) in [4.78, 5) is 0.324. The summed E-state index contributed by atoms with van der Waals surface area (Å²) in [5.41, 5.74) is 1.26. The van der Waals surface area contributed by atoms with Gasteiger partial charge in [0.25, 0.3) is 0 Å². The van der Waals surface area contributed by atoms with Gasteiger partial charge in [-0.05, 0) is 26.8 Å². The van der Waals surface area contributed by atoms with Crippen LogP contribution >= 0.6 is 0 Å². The van der Waals surface area contributed by atoms with Crippen molar-refractivity contribution in [3.05, 3.63) is 11.4 Å². The summed E-state index contributed by atoms with van der Waals surface area (Å²) in [6.45, 7) is 10.4. The standard InChI is InChI=1S/C13H26N4O2S/c1-5-7-8-15-20(18,19)13-11(3)16-17(12(13)4)10-9-14-6-2/h14-15H,5-10H2,1-4H3. The SMILES string of the molecule is CCCCNS(=O)(=O)c1c(C)nn(CCNCC)c1C. The number of rotatable bonds is 9. The Hall–Kier alpha value is -0.920. The molecule has 0 atom stereocenters. The summed E-state index contributed by atoms with van der Waals surface area (Å²) in [5.74, 6) is 0. The molecule has 0 amide bonds. The molecule has 20 heavy (non-hydrogen) atoms. The zero-order valence-corrected chi connectivity index (χ0v) is 13.7. The Balaban J connectivity index is 2.89. The largest absolute Gasteiger partial charge is 0.315 e. The number of hydrogen-bond donors (Lipinski definition) is 2. The van der Waals surface area contributed by atoms with Gasteiger partial charge in [-0.1, -0.05) is 20.3 Å². The van der Waals surface area contributed by atoms with Crippen LogP contribution in [0.5, 0.6) is 0 Å². The highest BCUT2D eigenvalue weighted by molar-refractivity contribution is 7.89. The number of sulfonamides is 1. The summed E-state index contributed by atoms with van der Waals surface area (Å²) < 4.78 is 29.0. The van der Waals surface area contributed by atoms with E-state index in [2.05, 4.69) is 15.1 Å². The van der Waals surface area contributed by atoms with E-state index in [-0.39, 0.29) is 0 Å². The summed E-state index contributed by atoms with van der Waals surface area (Å²) in [6, 6.07) is 0. The van der Waals surface area contributed by atoms with Crippen molar-refractivity contribution in [2.75, 3.05) is 19.6 Å². The molecule has 1 aromatic rings. The van der Waals surface area contributed by atoms with Crippen molar-refractivity contribution >= 4 is 10.0 Å². The second-order valence-corrected chi connectivity index (χ2v) is 6.53. The molecule has 0 aromatic carbocycles. The number of aryl methyl sites for hydroxylation is 1. The Kier molecular flexibility index (Phi) is 6.64. The second-order valence-electron chi connectivity index (χ2n) is 4.83. The van der Waals surface area contributed by atoms with Gasteiger partial charge in [0.05, 0.1) is 17.9 Å². The minimum atomic E-state index is -3.46. The minimum absolute atomic E-state index is 0.324. The molecule has 0 aliphatic rings. The molecular formula is C13H26N4O2S. The van der Waals surface area contributed by atoms with Crippen LogP contribution in [0.3, 0.4) is 0 Å². The Morgan fingerprint density at radius 2 is 1.90 bits per heavy atom. The van der Waals surface area contributed by atoms with Crippen LogP contribution in [0.15, 0.2) is 4.90 Å². The molecule has 0 spiro atoms. The summed E-state index contributed by atoms with van der Waals surface area (Å²) in [5, 5.41) is 7.54. The number of likely N-dealkylation sites (N-methyl/N-ethyl adjacent to an activating group) is 1. The number of nitrogens with zero attached hydrogens (tertiary/aromatic N) is 2. The first kappa shape index (κ1) is 17.1. The van der Waals surface area contributed by atoms with Crippen LogP contribution in [-0.2, 0) is 16.6 Å². The molecule has 0 radical (unpaired) electrons. The fourth-order valence-corrected chi connectivity index (χ4v) is 3.59. The zero-order valence-electron chi connectivity index (χ0n) is 12.9. The first-order valence-corrected chi connectivity index (χ1v) is 8.66. The molecule has 0 saturated carbocycles. The van der Waals surface area contributed by atoms with Crippen molar-refractivity contribution in [2.24, 2.45) is 0 Å². The third kappa shape index (κ3) is 4.29. The number of aromatic nitrogens is 2. The van der Waals surface area contributed by atoms with Gasteiger partial charge in [0, 0.05) is 13.1 Å². The molecule has 0 aliphatic heterocycles. The van der Waals surface area contributed by atoms with Gasteiger partial charge < -0.3 is 5.32 Å². The number of hydrogen-bond acceptors (Lipinski definition) is 4. The van der Waals surface area contributed by atoms with Crippen molar-refractivity contribution in [3.63, 3.8) is 0 Å². The smallest absolute Gasteiger partial charge is 0.244 e. The van der Waals surface area contributed by atoms with Crippen LogP contribution in [-0.4, -0.2) is 37.8 Å². The Bertz CT molecular complexity index is 523. The molecule has 0 bridgehead atoms. The first-order chi connectivity index (χ1) is 9.44. The van der Waals surface area contributed by atoms with Crippen molar-refractivity contribution in [1.82, 2.24) is 19.8 Å². The van der Waals surface area contributed by atoms with Crippen LogP contribution in [0.1, 0.15) is 38.1 Å². The molecule has 0 fully saturated rings. The predicted molar refractivity (Wildman–Crippen MR) is 80.3 cm³/mol. The van der Waals surface area contributed by atoms with E-state index in [1.807, 2.05) is 13.8 Å². The molecular weight excluding hydrogens is 276 g/mol. The van der Waals surface area contributed by atoms with Gasteiger partial charge in [0.2, 0.25) is 10.0 Å². The zero-order chi connectivity index (χ0) is 15.2. The molecule has 2 N–H and O–H groups in total. The summed E-state index contributed by atoms with van der Waals surface area (Å²) in [6.07, 6.45) is 1.80. The quantitative estimate of drug-likeness (QED) is 0.672. The molecule has 116 valence electrons. The van der Waals surface area contributed by atoms with Crippen molar-refractivity contribution in [3.8, 4) is 0 Å². The lowest BCUT2D eigenvalue weighted by Gasteiger charge is -2.08. The number of unbranched alkanes of at least 4 members (excludes halogenated alkanes) is 1. The molecule has 6 nitrogen and oxygen atoms in total. The van der Waals surface area contributed by atoms with E-state index in [9.17, 15) is 8.42 Å². The average Bonchev–Trinajstić information content (AvgIpc) is 2.65. The summed E-state index contributed by atoms with van der Waals surface area (Å²) >= 11 is 0. The van der Waals surface area contributed by atoms with E-state index >= 15 is 0 Å². The van der Waals surface area contributed by atoms with Crippen molar-refractivity contribution in [2.45, 2.75) is 52.0 Å². The highest BCUT2D eigenvalue weighted by Crippen LogP contribution is 2.19. The van der Waals surface area contributed by atoms with Gasteiger partial charge in [-0.3, -0.25) is 4.68 Å². The van der Waals surface area contributed by atoms with Gasteiger partial charge >= 0.3 is 0 Å². The lowest BCUT2D eigenvalue weighted by Crippen LogP contribution is -2.26. The first-order valence-electron chi connectivity index (χ1n) is 7.18. The third-order valence-corrected chi connectivity index (χ3v) is 4.87.